The van der Waals surface area contributed by atoms with Crippen LogP contribution in [0.4, 0.5) is 24.5 Å². The molecule has 1 aliphatic heterocycles. The fourth-order valence-electron chi connectivity index (χ4n) is 5.23. The van der Waals surface area contributed by atoms with Gasteiger partial charge in [0, 0.05) is 44.1 Å². The molecule has 4 heterocycles. The maximum Gasteiger partial charge on any atom is 0.416 e. The minimum Gasteiger partial charge on any atom is -0.363 e. The number of nitrogens with zero attached hydrogens (tertiary/aromatic N) is 7. The van der Waals surface area contributed by atoms with Crippen LogP contribution in [-0.2, 0) is 19.1 Å². The highest BCUT2D eigenvalue weighted by molar-refractivity contribution is 6.33. The van der Waals surface area contributed by atoms with Crippen molar-refractivity contribution < 1.29 is 18.0 Å². The van der Waals surface area contributed by atoms with E-state index in [-0.39, 0.29) is 16.4 Å². The third kappa shape index (κ3) is 7.89. The van der Waals surface area contributed by atoms with Crippen molar-refractivity contribution in [3.05, 3.63) is 93.2 Å². The zero-order valence-corrected chi connectivity index (χ0v) is 27.2. The number of carbonyl (C=O) groups excluding carboxylic acids is 1. The van der Waals surface area contributed by atoms with Gasteiger partial charge >= 0.3 is 6.18 Å². The summed E-state index contributed by atoms with van der Waals surface area (Å²) < 4.78 is 38.6. The molecule has 10 nitrogen and oxygen atoms in total. The highest BCUT2D eigenvalue weighted by atomic mass is 35.5. The number of hydrogen-bond donors (Lipinski definition) is 1. The van der Waals surface area contributed by atoms with Crippen molar-refractivity contribution in [1.29, 1.82) is 0 Å². The smallest absolute Gasteiger partial charge is 0.363 e. The second kappa shape index (κ2) is 15.1. The standard InChI is InChI=1S/C24H27N7O2.C9H7ClF3N/c1-5-8-17-14-25-23-20(28-17)22(32)21(19(6-2)31(23)7-3)29-9-11-30(12-10-29)24(33)18-13-16(4)26-15-27-18;1-2-14-8-4-3-6(5-7(8)10)9(11,12)13/h13-15H,6-7,9-12H2,1-4H3;2-5,14H,1H2. The fraction of sp³-hybridized carbons (Fsp3) is 0.333. The van der Waals surface area contributed by atoms with E-state index in [4.69, 9.17) is 11.6 Å². The summed E-state index contributed by atoms with van der Waals surface area (Å²) in [6.07, 6.45) is 0.687. The lowest BCUT2D eigenvalue weighted by molar-refractivity contribution is -0.137. The van der Waals surface area contributed by atoms with Crippen LogP contribution in [0.25, 0.3) is 11.2 Å². The van der Waals surface area contributed by atoms with E-state index in [9.17, 15) is 22.8 Å². The van der Waals surface area contributed by atoms with Gasteiger partial charge in [0.15, 0.2) is 11.2 Å². The van der Waals surface area contributed by atoms with Crippen molar-refractivity contribution in [2.75, 3.05) is 36.4 Å². The molecule has 3 aromatic heterocycles. The normalized spacial score (nSPS) is 12.9. The average molecular weight is 667 g/mol. The first kappa shape index (κ1) is 34.9. The van der Waals surface area contributed by atoms with Crippen molar-refractivity contribution in [3.8, 4) is 11.8 Å². The predicted molar refractivity (Wildman–Crippen MR) is 177 cm³/mol. The van der Waals surface area contributed by atoms with E-state index < -0.39 is 11.7 Å². The molecule has 4 aromatic rings. The number of fused-ring (bicyclic) bond motifs is 1. The molecule has 1 saturated heterocycles. The summed E-state index contributed by atoms with van der Waals surface area (Å²) in [4.78, 5) is 47.5. The van der Waals surface area contributed by atoms with E-state index >= 15 is 0 Å². The number of hydrogen-bond acceptors (Lipinski definition) is 8. The molecule has 1 aliphatic rings. The van der Waals surface area contributed by atoms with Crippen LogP contribution < -0.4 is 15.6 Å². The minimum atomic E-state index is -4.36. The quantitative estimate of drug-likeness (QED) is 0.261. The summed E-state index contributed by atoms with van der Waals surface area (Å²) in [6.45, 7) is 13.8. The lowest BCUT2D eigenvalue weighted by atomic mass is 10.1. The fourth-order valence-corrected chi connectivity index (χ4v) is 5.46. The predicted octanol–water partition coefficient (Wildman–Crippen LogP) is 5.72. The van der Waals surface area contributed by atoms with Gasteiger partial charge in [-0.25, -0.2) is 19.9 Å². The summed E-state index contributed by atoms with van der Waals surface area (Å²) in [6, 6.07) is 4.78. The Morgan fingerprint density at radius 3 is 2.43 bits per heavy atom. The number of halogens is 4. The van der Waals surface area contributed by atoms with Crippen LogP contribution in [-0.4, -0.2) is 61.5 Å². The van der Waals surface area contributed by atoms with Gasteiger partial charge in [0.25, 0.3) is 5.91 Å². The Balaban J connectivity index is 0.000000300. The average Bonchev–Trinajstić information content (AvgIpc) is 3.05. The number of alkyl halides is 3. The van der Waals surface area contributed by atoms with Crippen molar-refractivity contribution >= 4 is 40.0 Å². The molecule has 0 radical (unpaired) electrons. The Hall–Kier alpha value is -4.96. The number of piperazine rings is 1. The SMILES string of the molecule is C=CNc1ccc(C(F)(F)F)cc1Cl.CC#Cc1cnc2c(n1)c(=O)c(N1CCN(C(=O)c3cc(C)ncn3)CC1)c(CC)n2CC. The Morgan fingerprint density at radius 2 is 1.85 bits per heavy atom. The van der Waals surface area contributed by atoms with Gasteiger partial charge in [-0.2, -0.15) is 13.2 Å². The number of benzene rings is 1. The first-order valence-electron chi connectivity index (χ1n) is 14.9. The molecule has 1 N–H and O–H groups in total. The maximum atomic E-state index is 13.6. The van der Waals surface area contributed by atoms with E-state index in [1.807, 2.05) is 20.8 Å². The maximum absolute atomic E-state index is 13.6. The van der Waals surface area contributed by atoms with Gasteiger partial charge < -0.3 is 19.7 Å². The number of carbonyl (C=O) groups is 1. The molecule has 0 aliphatic carbocycles. The van der Waals surface area contributed by atoms with Crippen molar-refractivity contribution in [1.82, 2.24) is 29.4 Å². The zero-order valence-electron chi connectivity index (χ0n) is 26.5. The second-order valence-corrected chi connectivity index (χ2v) is 10.8. The Kier molecular flexibility index (Phi) is 11.2. The van der Waals surface area contributed by atoms with E-state index in [2.05, 4.69) is 53.1 Å². The molecule has 14 heteroatoms. The number of amides is 1. The van der Waals surface area contributed by atoms with Gasteiger partial charge in [-0.15, -0.1) is 0 Å². The van der Waals surface area contributed by atoms with E-state index in [1.54, 1.807) is 24.1 Å². The molecular weight excluding hydrogens is 633 g/mol. The molecule has 0 spiro atoms. The van der Waals surface area contributed by atoms with Gasteiger partial charge in [0.2, 0.25) is 5.43 Å². The van der Waals surface area contributed by atoms with Crippen molar-refractivity contribution in [2.45, 2.75) is 46.8 Å². The van der Waals surface area contributed by atoms with Gasteiger partial charge in [-0.05, 0) is 63.6 Å². The zero-order chi connectivity index (χ0) is 34.3. The molecule has 0 atom stereocenters. The number of anilines is 2. The summed E-state index contributed by atoms with van der Waals surface area (Å²) in [7, 11) is 0. The summed E-state index contributed by atoms with van der Waals surface area (Å²) in [5, 5.41) is 2.63. The minimum absolute atomic E-state index is 0.0136. The molecule has 0 unspecified atom stereocenters. The van der Waals surface area contributed by atoms with Crippen LogP contribution in [0.2, 0.25) is 5.02 Å². The molecule has 5 rings (SSSR count). The van der Waals surface area contributed by atoms with E-state index in [1.165, 1.54) is 18.6 Å². The molecule has 1 fully saturated rings. The first-order valence-corrected chi connectivity index (χ1v) is 15.2. The molecule has 0 bridgehead atoms. The van der Waals surface area contributed by atoms with Gasteiger partial charge in [-0.3, -0.25) is 9.59 Å². The molecule has 0 saturated carbocycles. The van der Waals surface area contributed by atoms with Crippen LogP contribution in [0, 0.1) is 18.8 Å². The highest BCUT2D eigenvalue weighted by Gasteiger charge is 2.31. The van der Waals surface area contributed by atoms with Crippen molar-refractivity contribution in [2.24, 2.45) is 0 Å². The number of pyridine rings is 1. The molecular formula is C33H34ClF3N8O2. The first-order chi connectivity index (χ1) is 22.4. The summed E-state index contributed by atoms with van der Waals surface area (Å²) in [5.41, 5.74) is 3.62. The van der Waals surface area contributed by atoms with Gasteiger partial charge in [0.05, 0.1) is 22.5 Å². The highest BCUT2D eigenvalue weighted by Crippen LogP contribution is 2.33. The van der Waals surface area contributed by atoms with Crippen LogP contribution >= 0.6 is 11.6 Å². The number of aromatic nitrogens is 5. The molecule has 47 heavy (non-hydrogen) atoms. The number of aryl methyl sites for hydroxylation is 2. The van der Waals surface area contributed by atoms with E-state index in [0.717, 1.165) is 23.5 Å². The topological polar surface area (TPSA) is 109 Å². The largest absolute Gasteiger partial charge is 0.416 e. The third-order valence-corrected chi connectivity index (χ3v) is 7.72. The van der Waals surface area contributed by atoms with Gasteiger partial charge in [-0.1, -0.05) is 31.0 Å². The Morgan fingerprint density at radius 1 is 1.13 bits per heavy atom. The Bertz CT molecular complexity index is 1910. The molecule has 1 aromatic carbocycles. The lowest BCUT2D eigenvalue weighted by Crippen LogP contribution is -2.50. The van der Waals surface area contributed by atoms with Crippen molar-refractivity contribution in [3.63, 3.8) is 0 Å². The number of rotatable bonds is 6. The van der Waals surface area contributed by atoms with Crippen LogP contribution in [0.15, 0.2) is 54.4 Å². The van der Waals surface area contributed by atoms with Crippen LogP contribution in [0.5, 0.6) is 0 Å². The lowest BCUT2D eigenvalue weighted by Gasteiger charge is -2.37. The Labute approximate surface area is 275 Å². The third-order valence-electron chi connectivity index (χ3n) is 7.40. The second-order valence-electron chi connectivity index (χ2n) is 10.4. The summed E-state index contributed by atoms with van der Waals surface area (Å²) >= 11 is 5.60. The molecule has 1 amide bonds. The van der Waals surface area contributed by atoms with Gasteiger partial charge in [0.1, 0.15) is 23.4 Å². The monoisotopic (exact) mass is 666 g/mol. The van der Waals surface area contributed by atoms with Crippen LogP contribution in [0.3, 0.4) is 0 Å². The van der Waals surface area contributed by atoms with E-state index in [0.29, 0.717) is 73.1 Å². The summed E-state index contributed by atoms with van der Waals surface area (Å²) in [5.74, 6) is 5.58. The molecule has 246 valence electrons. The van der Waals surface area contributed by atoms with Crippen LogP contribution in [0.1, 0.15) is 53.9 Å². The number of nitrogens with one attached hydrogen (secondary N) is 1.